The molecule has 0 radical (unpaired) electrons. The molecule has 0 N–H and O–H groups in total. The molecule has 0 amide bonds. The molecule has 5 aromatic heterocycles. The number of fused-ring (bicyclic) bond motifs is 8. The molecule has 266 valence electrons. The molecule has 5 nitrogen and oxygen atoms in total. The lowest BCUT2D eigenvalue weighted by atomic mass is 9.99. The quantitative estimate of drug-likeness (QED) is 0.176. The highest BCUT2D eigenvalue weighted by molar-refractivity contribution is 7.22. The second-order valence-electron chi connectivity index (χ2n) is 14.5. The number of aromatic nitrogens is 5. The highest BCUT2D eigenvalue weighted by atomic mass is 32.1. The molecule has 0 fully saturated rings. The van der Waals surface area contributed by atoms with Gasteiger partial charge in [-0.25, -0.2) is 9.97 Å². The maximum atomic E-state index is 5.45. The molecule has 5 heterocycles. The van der Waals surface area contributed by atoms with Gasteiger partial charge in [-0.05, 0) is 70.4 Å². The Hall–Kier alpha value is -7.41. The van der Waals surface area contributed by atoms with Crippen LogP contribution in [0.2, 0.25) is 0 Å². The minimum Gasteiger partial charge on any atom is -0.309 e. The zero-order valence-electron chi connectivity index (χ0n) is 30.5. The molecule has 6 heteroatoms. The van der Waals surface area contributed by atoms with E-state index in [1.165, 1.54) is 48.6 Å². The Balaban J connectivity index is 1.15. The van der Waals surface area contributed by atoms with Gasteiger partial charge in [-0.1, -0.05) is 127 Å². The number of hydrogen-bond donors (Lipinski definition) is 0. The van der Waals surface area contributed by atoms with Crippen molar-refractivity contribution in [3.8, 4) is 44.5 Å². The molecule has 0 aliphatic carbocycles. The third-order valence-electron chi connectivity index (χ3n) is 11.2. The molecule has 0 spiro atoms. The fraction of sp³-hybridized carbons (Fsp3) is 0. The second kappa shape index (κ2) is 12.6. The molecule has 12 rings (SSSR count). The summed E-state index contributed by atoms with van der Waals surface area (Å²) in [5, 5.41) is 7.12. The van der Waals surface area contributed by atoms with E-state index in [1.807, 2.05) is 12.4 Å². The van der Waals surface area contributed by atoms with E-state index < -0.39 is 0 Å². The van der Waals surface area contributed by atoms with Crippen LogP contribution in [0, 0.1) is 0 Å². The maximum absolute atomic E-state index is 5.45. The first-order valence-corrected chi connectivity index (χ1v) is 19.9. The average molecular weight is 746 g/mol. The molecule has 0 unspecified atom stereocenters. The largest absolute Gasteiger partial charge is 0.309 e. The Kier molecular flexibility index (Phi) is 7.03. The predicted octanol–water partition coefficient (Wildman–Crippen LogP) is 13.4. The molecule has 0 saturated heterocycles. The van der Waals surface area contributed by atoms with E-state index in [-0.39, 0.29) is 0 Å². The Bertz CT molecular complexity index is 3510. The summed E-state index contributed by atoms with van der Waals surface area (Å²) in [6.45, 7) is 0. The Morgan fingerprint density at radius 3 is 1.95 bits per heavy atom. The molecule has 0 aliphatic rings. The third kappa shape index (κ3) is 4.98. The summed E-state index contributed by atoms with van der Waals surface area (Å²) >= 11 is 1.75. The summed E-state index contributed by atoms with van der Waals surface area (Å²) in [4.78, 5) is 16.3. The molecule has 0 saturated carbocycles. The Morgan fingerprint density at radius 2 is 1.12 bits per heavy atom. The van der Waals surface area contributed by atoms with Crippen LogP contribution in [0.1, 0.15) is 0 Å². The SMILES string of the molecule is c1ccc(-c2cc3nc(-n4c5ccc(-c6cccc7c8ccccc8n(-c8ccncc8)c67)cc5c5cc6ccccc6cc54)nc(-c4ccccc4)c3s2)cc1. The summed E-state index contributed by atoms with van der Waals surface area (Å²) in [7, 11) is 0. The second-order valence-corrected chi connectivity index (χ2v) is 15.5. The molecule has 12 aromatic rings. The van der Waals surface area contributed by atoms with E-state index in [9.17, 15) is 0 Å². The van der Waals surface area contributed by atoms with Crippen LogP contribution < -0.4 is 0 Å². The van der Waals surface area contributed by atoms with Crippen molar-refractivity contribution in [3.05, 3.63) is 188 Å². The highest BCUT2D eigenvalue weighted by Gasteiger charge is 2.22. The maximum Gasteiger partial charge on any atom is 0.235 e. The molecule has 0 aliphatic heterocycles. The normalized spacial score (nSPS) is 11.9. The van der Waals surface area contributed by atoms with Crippen LogP contribution in [0.15, 0.2) is 188 Å². The van der Waals surface area contributed by atoms with Crippen molar-refractivity contribution in [2.45, 2.75) is 0 Å². The van der Waals surface area contributed by atoms with Crippen LogP contribution in [0.4, 0.5) is 0 Å². The number of thiophene rings is 1. The summed E-state index contributed by atoms with van der Waals surface area (Å²) in [6, 6.07) is 62.9. The average Bonchev–Trinajstić information content (AvgIpc) is 3.96. The van der Waals surface area contributed by atoms with E-state index in [1.54, 1.807) is 11.3 Å². The van der Waals surface area contributed by atoms with Gasteiger partial charge in [0.1, 0.15) is 0 Å². The summed E-state index contributed by atoms with van der Waals surface area (Å²) in [5.41, 5.74) is 12.0. The fourth-order valence-electron chi connectivity index (χ4n) is 8.66. The monoisotopic (exact) mass is 745 g/mol. The first-order valence-electron chi connectivity index (χ1n) is 19.1. The minimum atomic E-state index is 0.654. The topological polar surface area (TPSA) is 48.5 Å². The zero-order valence-corrected chi connectivity index (χ0v) is 31.4. The van der Waals surface area contributed by atoms with E-state index in [4.69, 9.17) is 9.97 Å². The van der Waals surface area contributed by atoms with Crippen molar-refractivity contribution in [1.82, 2.24) is 24.1 Å². The lowest BCUT2D eigenvalue weighted by Crippen LogP contribution is -2.02. The Morgan fingerprint density at radius 1 is 0.439 bits per heavy atom. The molecular formula is C51H31N5S. The predicted molar refractivity (Wildman–Crippen MR) is 238 cm³/mol. The van der Waals surface area contributed by atoms with Gasteiger partial charge in [0.15, 0.2) is 0 Å². The number of para-hydroxylation sites is 2. The summed E-state index contributed by atoms with van der Waals surface area (Å²) in [5.74, 6) is 0.654. The van der Waals surface area contributed by atoms with Crippen LogP contribution >= 0.6 is 11.3 Å². The van der Waals surface area contributed by atoms with E-state index in [0.717, 1.165) is 54.5 Å². The lowest BCUT2D eigenvalue weighted by molar-refractivity contribution is 1.02. The van der Waals surface area contributed by atoms with Crippen molar-refractivity contribution < 1.29 is 0 Å². The highest BCUT2D eigenvalue weighted by Crippen LogP contribution is 2.43. The van der Waals surface area contributed by atoms with Gasteiger partial charge < -0.3 is 4.57 Å². The molecule has 7 aromatic carbocycles. The van der Waals surface area contributed by atoms with Crippen molar-refractivity contribution in [1.29, 1.82) is 0 Å². The van der Waals surface area contributed by atoms with Crippen LogP contribution in [-0.4, -0.2) is 24.1 Å². The zero-order chi connectivity index (χ0) is 37.5. The van der Waals surface area contributed by atoms with E-state index in [2.05, 4.69) is 190 Å². The van der Waals surface area contributed by atoms with Crippen LogP contribution in [0.5, 0.6) is 0 Å². The summed E-state index contributed by atoms with van der Waals surface area (Å²) < 4.78 is 5.72. The van der Waals surface area contributed by atoms with Gasteiger partial charge in [-0.2, -0.15) is 0 Å². The first kappa shape index (κ1) is 31.9. The van der Waals surface area contributed by atoms with Gasteiger partial charge in [0, 0.05) is 55.6 Å². The van der Waals surface area contributed by atoms with Gasteiger partial charge >= 0.3 is 0 Å². The van der Waals surface area contributed by atoms with Gasteiger partial charge in [-0.15, -0.1) is 11.3 Å². The van der Waals surface area contributed by atoms with Crippen LogP contribution in [0.3, 0.4) is 0 Å². The van der Waals surface area contributed by atoms with Crippen LogP contribution in [0.25, 0.3) is 109 Å². The van der Waals surface area contributed by atoms with Gasteiger partial charge in [0.05, 0.1) is 38.0 Å². The Labute approximate surface area is 331 Å². The van der Waals surface area contributed by atoms with Crippen molar-refractivity contribution in [3.63, 3.8) is 0 Å². The smallest absolute Gasteiger partial charge is 0.235 e. The fourth-order valence-corrected chi connectivity index (χ4v) is 9.77. The first-order chi connectivity index (χ1) is 28.3. The van der Waals surface area contributed by atoms with Crippen LogP contribution in [-0.2, 0) is 0 Å². The summed E-state index contributed by atoms with van der Waals surface area (Å²) in [6.07, 6.45) is 3.73. The van der Waals surface area contributed by atoms with Gasteiger partial charge in [0.2, 0.25) is 5.95 Å². The van der Waals surface area contributed by atoms with Gasteiger partial charge in [0.25, 0.3) is 0 Å². The number of benzene rings is 7. The van der Waals surface area contributed by atoms with E-state index in [0.29, 0.717) is 5.95 Å². The number of hydrogen-bond acceptors (Lipinski definition) is 4. The van der Waals surface area contributed by atoms with Crippen molar-refractivity contribution in [2.24, 2.45) is 0 Å². The lowest BCUT2D eigenvalue weighted by Gasteiger charge is -2.12. The third-order valence-corrected chi connectivity index (χ3v) is 12.4. The molecule has 57 heavy (non-hydrogen) atoms. The number of nitrogens with zero attached hydrogens (tertiary/aromatic N) is 5. The standard InChI is InChI=1S/C51H31N5S/c1-3-12-32(13-4-1)47-31-43-50(57-47)48(33-14-5-2-6-15-33)54-51(53-43)56-45-23-22-36(29-41(45)42-28-34-16-7-8-17-35(34)30-46(42)56)38-19-11-20-40-39-18-9-10-21-44(39)55(49(38)40)37-24-26-52-27-25-37/h1-31H. The number of rotatable bonds is 5. The molecular weight excluding hydrogens is 715 g/mol. The van der Waals surface area contributed by atoms with E-state index >= 15 is 0 Å². The van der Waals surface area contributed by atoms with Crippen molar-refractivity contribution >= 4 is 75.9 Å². The molecule has 0 atom stereocenters. The van der Waals surface area contributed by atoms with Crippen molar-refractivity contribution in [2.75, 3.05) is 0 Å². The minimum absolute atomic E-state index is 0.654. The van der Waals surface area contributed by atoms with Gasteiger partial charge in [-0.3, -0.25) is 9.55 Å². The number of pyridine rings is 1. The molecule has 0 bridgehead atoms.